The van der Waals surface area contributed by atoms with Crippen molar-refractivity contribution in [2.24, 2.45) is 0 Å². The lowest BCUT2D eigenvalue weighted by atomic mass is 10.3. The van der Waals surface area contributed by atoms with Crippen molar-refractivity contribution in [1.82, 2.24) is 24.3 Å². The fourth-order valence-corrected chi connectivity index (χ4v) is 2.35. The van der Waals surface area contributed by atoms with Crippen LogP contribution in [-0.4, -0.2) is 24.3 Å². The third-order valence-electron chi connectivity index (χ3n) is 3.41. The highest BCUT2D eigenvalue weighted by Crippen LogP contribution is 2.13. The molecule has 6 nitrogen and oxygen atoms in total. The van der Waals surface area contributed by atoms with E-state index in [2.05, 4.69) is 15.1 Å². The van der Waals surface area contributed by atoms with E-state index in [-0.39, 0.29) is 5.56 Å². The van der Waals surface area contributed by atoms with Gasteiger partial charge in [-0.2, -0.15) is 5.10 Å². The van der Waals surface area contributed by atoms with Crippen LogP contribution >= 0.6 is 0 Å². The summed E-state index contributed by atoms with van der Waals surface area (Å²) >= 11 is 0. The lowest BCUT2D eigenvalue weighted by Crippen LogP contribution is -2.18. The van der Waals surface area contributed by atoms with Crippen LogP contribution in [0.1, 0.15) is 0 Å². The number of benzene rings is 1. The maximum absolute atomic E-state index is 12.6. The van der Waals surface area contributed by atoms with Crippen molar-refractivity contribution >= 4 is 11.0 Å². The molecule has 0 amide bonds. The van der Waals surface area contributed by atoms with Crippen molar-refractivity contribution in [3.05, 3.63) is 77.7 Å². The summed E-state index contributed by atoms with van der Waals surface area (Å²) in [7, 11) is 0. The minimum absolute atomic E-state index is 0.147. The lowest BCUT2D eigenvalue weighted by Gasteiger charge is -2.05. The van der Waals surface area contributed by atoms with Gasteiger partial charge in [-0.25, -0.2) is 9.67 Å². The van der Waals surface area contributed by atoms with Crippen molar-refractivity contribution in [1.29, 1.82) is 0 Å². The van der Waals surface area contributed by atoms with E-state index >= 15 is 0 Å². The molecule has 0 saturated heterocycles. The smallest absolute Gasteiger partial charge is 0.268 e. The first-order chi connectivity index (χ1) is 10.8. The second-order valence-corrected chi connectivity index (χ2v) is 4.76. The Labute approximate surface area is 125 Å². The van der Waals surface area contributed by atoms with E-state index in [0.29, 0.717) is 11.0 Å². The molecule has 4 rings (SSSR count). The van der Waals surface area contributed by atoms with Gasteiger partial charge < -0.3 is 0 Å². The van der Waals surface area contributed by atoms with Gasteiger partial charge in [0.1, 0.15) is 11.7 Å². The fourth-order valence-electron chi connectivity index (χ4n) is 2.35. The predicted molar refractivity (Wildman–Crippen MR) is 82.3 cm³/mol. The first-order valence-corrected chi connectivity index (χ1v) is 6.76. The van der Waals surface area contributed by atoms with Crippen LogP contribution in [0.2, 0.25) is 0 Å². The Morgan fingerprint density at radius 1 is 0.909 bits per heavy atom. The van der Waals surface area contributed by atoms with Crippen LogP contribution in [0.25, 0.3) is 22.4 Å². The zero-order valence-corrected chi connectivity index (χ0v) is 11.5. The molecule has 106 valence electrons. The molecule has 1 aromatic carbocycles. The standard InChI is InChI=1S/C16H11N5O/c22-16-14-10-19-21(13-7-4-8-17-9-13)15(14)18-11-20(16)12-5-2-1-3-6-12/h1-11H. The largest absolute Gasteiger partial charge is 0.269 e. The van der Waals surface area contributed by atoms with E-state index < -0.39 is 0 Å². The number of pyridine rings is 1. The third kappa shape index (κ3) is 1.89. The zero-order valence-electron chi connectivity index (χ0n) is 11.5. The van der Waals surface area contributed by atoms with Gasteiger partial charge in [0.25, 0.3) is 5.56 Å². The average Bonchev–Trinajstić information content (AvgIpc) is 3.02. The highest BCUT2D eigenvalue weighted by atomic mass is 16.1. The molecule has 0 bridgehead atoms. The van der Waals surface area contributed by atoms with Crippen LogP contribution in [0, 0.1) is 0 Å². The lowest BCUT2D eigenvalue weighted by molar-refractivity contribution is 0.879. The first-order valence-electron chi connectivity index (χ1n) is 6.76. The molecule has 6 heteroatoms. The van der Waals surface area contributed by atoms with E-state index in [4.69, 9.17) is 0 Å². The van der Waals surface area contributed by atoms with Crippen molar-refractivity contribution in [3.8, 4) is 11.4 Å². The number of nitrogens with zero attached hydrogens (tertiary/aromatic N) is 5. The SMILES string of the molecule is O=c1c2cnn(-c3cccnc3)c2ncn1-c1ccccc1. The van der Waals surface area contributed by atoms with Crippen LogP contribution in [0.5, 0.6) is 0 Å². The molecule has 3 heterocycles. The number of hydrogen-bond acceptors (Lipinski definition) is 4. The molecule has 0 aliphatic heterocycles. The molecule has 0 radical (unpaired) electrons. The topological polar surface area (TPSA) is 65.6 Å². The summed E-state index contributed by atoms with van der Waals surface area (Å²) in [5, 5.41) is 4.73. The van der Waals surface area contributed by atoms with Crippen molar-refractivity contribution in [2.75, 3.05) is 0 Å². The van der Waals surface area contributed by atoms with E-state index in [9.17, 15) is 4.79 Å². The molecule has 3 aromatic heterocycles. The monoisotopic (exact) mass is 289 g/mol. The van der Waals surface area contributed by atoms with Crippen molar-refractivity contribution in [2.45, 2.75) is 0 Å². The second kappa shape index (κ2) is 4.92. The summed E-state index contributed by atoms with van der Waals surface area (Å²) in [6.45, 7) is 0. The van der Waals surface area contributed by atoms with E-state index in [0.717, 1.165) is 11.4 Å². The Kier molecular flexibility index (Phi) is 2.79. The van der Waals surface area contributed by atoms with Gasteiger partial charge in [0.05, 0.1) is 23.8 Å². The summed E-state index contributed by atoms with van der Waals surface area (Å²) in [6.07, 6.45) is 6.42. The predicted octanol–water partition coefficient (Wildman–Crippen LogP) is 1.97. The maximum Gasteiger partial charge on any atom is 0.269 e. The van der Waals surface area contributed by atoms with Gasteiger partial charge in [-0.15, -0.1) is 0 Å². The Hall–Kier alpha value is -3.28. The Morgan fingerprint density at radius 2 is 1.73 bits per heavy atom. The Balaban J connectivity index is 1.94. The van der Waals surface area contributed by atoms with Crippen LogP contribution in [-0.2, 0) is 0 Å². The highest BCUT2D eigenvalue weighted by Gasteiger charge is 2.12. The van der Waals surface area contributed by atoms with Crippen LogP contribution in [0.4, 0.5) is 0 Å². The fraction of sp³-hybridized carbons (Fsp3) is 0. The molecule has 0 aliphatic carbocycles. The molecule has 0 spiro atoms. The summed E-state index contributed by atoms with van der Waals surface area (Å²) < 4.78 is 3.12. The summed E-state index contributed by atoms with van der Waals surface area (Å²) in [5.74, 6) is 0. The number of hydrogen-bond donors (Lipinski definition) is 0. The van der Waals surface area contributed by atoms with Crippen LogP contribution in [0.15, 0.2) is 72.2 Å². The van der Waals surface area contributed by atoms with Gasteiger partial charge >= 0.3 is 0 Å². The molecular formula is C16H11N5O. The molecule has 0 N–H and O–H groups in total. The molecule has 0 atom stereocenters. The van der Waals surface area contributed by atoms with E-state index in [1.165, 1.54) is 17.1 Å². The number of fused-ring (bicyclic) bond motifs is 1. The Bertz CT molecular complexity index is 989. The van der Waals surface area contributed by atoms with Gasteiger partial charge in [0, 0.05) is 6.20 Å². The molecule has 0 saturated carbocycles. The minimum atomic E-state index is -0.147. The van der Waals surface area contributed by atoms with Gasteiger partial charge in [-0.3, -0.25) is 14.3 Å². The number of para-hydroxylation sites is 1. The summed E-state index contributed by atoms with van der Waals surface area (Å²) in [4.78, 5) is 21.1. The van der Waals surface area contributed by atoms with Crippen LogP contribution < -0.4 is 5.56 Å². The summed E-state index contributed by atoms with van der Waals surface area (Å²) in [5.41, 5.74) is 1.91. The molecule has 0 aliphatic rings. The molecule has 4 aromatic rings. The highest BCUT2D eigenvalue weighted by molar-refractivity contribution is 5.75. The van der Waals surface area contributed by atoms with Gasteiger partial charge in [0.15, 0.2) is 5.65 Å². The van der Waals surface area contributed by atoms with E-state index in [1.54, 1.807) is 17.1 Å². The zero-order chi connectivity index (χ0) is 14.9. The van der Waals surface area contributed by atoms with Crippen LogP contribution in [0.3, 0.4) is 0 Å². The quantitative estimate of drug-likeness (QED) is 0.566. The molecular weight excluding hydrogens is 278 g/mol. The molecule has 0 fully saturated rings. The van der Waals surface area contributed by atoms with Gasteiger partial charge in [-0.05, 0) is 24.3 Å². The minimum Gasteiger partial charge on any atom is -0.268 e. The van der Waals surface area contributed by atoms with Crippen molar-refractivity contribution < 1.29 is 0 Å². The first kappa shape index (κ1) is 12.5. The third-order valence-corrected chi connectivity index (χ3v) is 3.41. The average molecular weight is 289 g/mol. The van der Waals surface area contributed by atoms with Gasteiger partial charge in [0.2, 0.25) is 0 Å². The van der Waals surface area contributed by atoms with E-state index in [1.807, 2.05) is 42.5 Å². The maximum atomic E-state index is 12.6. The summed E-state index contributed by atoms with van der Waals surface area (Å²) in [6, 6.07) is 13.1. The molecule has 22 heavy (non-hydrogen) atoms. The Morgan fingerprint density at radius 3 is 2.50 bits per heavy atom. The molecule has 0 unspecified atom stereocenters. The van der Waals surface area contributed by atoms with Crippen molar-refractivity contribution in [3.63, 3.8) is 0 Å². The number of aromatic nitrogens is 5. The number of rotatable bonds is 2. The normalized spacial score (nSPS) is 10.9. The van der Waals surface area contributed by atoms with Gasteiger partial charge in [-0.1, -0.05) is 18.2 Å². The second-order valence-electron chi connectivity index (χ2n) is 4.76.